The molecule has 0 aliphatic heterocycles. The molecule has 0 saturated heterocycles. The van der Waals surface area contributed by atoms with Crippen molar-refractivity contribution >= 4 is 15.9 Å². The maximum Gasteiger partial charge on any atom is 0.131 e. The number of halogens is 3. The number of rotatable bonds is 3. The van der Waals surface area contributed by atoms with Crippen LogP contribution in [0.3, 0.4) is 0 Å². The first-order valence-electron chi connectivity index (χ1n) is 5.70. The number of hydrazine groups is 1. The lowest BCUT2D eigenvalue weighted by atomic mass is 9.95. The SMILES string of the molecule is Cc1c(Br)cccc1C(NN)c1ccc(F)cc1F. The smallest absolute Gasteiger partial charge is 0.131 e. The van der Waals surface area contributed by atoms with Gasteiger partial charge in [-0.3, -0.25) is 5.84 Å². The molecule has 0 radical (unpaired) electrons. The van der Waals surface area contributed by atoms with Crippen LogP contribution < -0.4 is 11.3 Å². The summed E-state index contributed by atoms with van der Waals surface area (Å²) in [4.78, 5) is 0. The van der Waals surface area contributed by atoms with Crippen molar-refractivity contribution in [3.63, 3.8) is 0 Å². The number of hydrogen-bond donors (Lipinski definition) is 2. The molecule has 0 amide bonds. The Balaban J connectivity index is 2.53. The van der Waals surface area contributed by atoms with Gasteiger partial charge < -0.3 is 0 Å². The zero-order valence-electron chi connectivity index (χ0n) is 10.3. The molecular formula is C14H13BrF2N2. The summed E-state index contributed by atoms with van der Waals surface area (Å²) >= 11 is 3.42. The Bertz CT molecular complexity index is 602. The van der Waals surface area contributed by atoms with Crippen LogP contribution in [0, 0.1) is 18.6 Å². The van der Waals surface area contributed by atoms with Crippen molar-refractivity contribution in [2.75, 3.05) is 0 Å². The summed E-state index contributed by atoms with van der Waals surface area (Å²) in [6, 6.07) is 8.54. The molecule has 2 aromatic carbocycles. The van der Waals surface area contributed by atoms with Crippen molar-refractivity contribution in [3.05, 3.63) is 69.2 Å². The van der Waals surface area contributed by atoms with Crippen LogP contribution in [-0.2, 0) is 0 Å². The predicted octanol–water partition coefficient (Wildman–Crippen LogP) is 3.59. The summed E-state index contributed by atoms with van der Waals surface area (Å²) in [7, 11) is 0. The van der Waals surface area contributed by atoms with Crippen LogP contribution in [0.5, 0.6) is 0 Å². The van der Waals surface area contributed by atoms with Gasteiger partial charge >= 0.3 is 0 Å². The van der Waals surface area contributed by atoms with Crippen molar-refractivity contribution in [1.29, 1.82) is 0 Å². The predicted molar refractivity (Wildman–Crippen MR) is 74.4 cm³/mol. The van der Waals surface area contributed by atoms with Crippen molar-refractivity contribution in [2.24, 2.45) is 5.84 Å². The van der Waals surface area contributed by atoms with Crippen LogP contribution >= 0.6 is 15.9 Å². The van der Waals surface area contributed by atoms with Gasteiger partial charge in [0.15, 0.2) is 0 Å². The molecule has 0 aliphatic rings. The van der Waals surface area contributed by atoms with Crippen LogP contribution in [0.4, 0.5) is 8.78 Å². The first-order valence-corrected chi connectivity index (χ1v) is 6.50. The molecule has 0 aromatic heterocycles. The zero-order valence-corrected chi connectivity index (χ0v) is 11.8. The first kappa shape index (κ1) is 14.1. The van der Waals surface area contributed by atoms with Crippen LogP contribution in [0.1, 0.15) is 22.7 Å². The van der Waals surface area contributed by atoms with Gasteiger partial charge in [0.25, 0.3) is 0 Å². The third-order valence-corrected chi connectivity index (χ3v) is 3.92. The molecule has 5 heteroatoms. The fourth-order valence-electron chi connectivity index (χ4n) is 2.02. The van der Waals surface area contributed by atoms with Gasteiger partial charge in [0.1, 0.15) is 11.6 Å². The molecule has 2 aromatic rings. The Kier molecular flexibility index (Phi) is 4.29. The third-order valence-electron chi connectivity index (χ3n) is 3.06. The molecule has 2 nitrogen and oxygen atoms in total. The normalized spacial score (nSPS) is 12.5. The topological polar surface area (TPSA) is 38.0 Å². The molecule has 1 atom stereocenters. The molecule has 0 bridgehead atoms. The lowest BCUT2D eigenvalue weighted by Gasteiger charge is -2.20. The monoisotopic (exact) mass is 326 g/mol. The highest BCUT2D eigenvalue weighted by Gasteiger charge is 2.19. The summed E-state index contributed by atoms with van der Waals surface area (Å²) in [5, 5.41) is 0. The molecule has 0 fully saturated rings. The van der Waals surface area contributed by atoms with E-state index in [1.807, 2.05) is 25.1 Å². The Morgan fingerprint density at radius 2 is 1.89 bits per heavy atom. The highest BCUT2D eigenvalue weighted by molar-refractivity contribution is 9.10. The van der Waals surface area contributed by atoms with Crippen molar-refractivity contribution in [3.8, 4) is 0 Å². The van der Waals surface area contributed by atoms with E-state index in [1.165, 1.54) is 12.1 Å². The fourth-order valence-corrected chi connectivity index (χ4v) is 2.40. The molecule has 19 heavy (non-hydrogen) atoms. The van der Waals surface area contributed by atoms with Crippen LogP contribution in [0.25, 0.3) is 0 Å². The lowest BCUT2D eigenvalue weighted by molar-refractivity contribution is 0.540. The molecule has 2 rings (SSSR count). The van der Waals surface area contributed by atoms with E-state index in [4.69, 9.17) is 5.84 Å². The molecule has 1 unspecified atom stereocenters. The highest BCUT2D eigenvalue weighted by atomic mass is 79.9. The second kappa shape index (κ2) is 5.77. The van der Waals surface area contributed by atoms with Crippen LogP contribution in [-0.4, -0.2) is 0 Å². The van der Waals surface area contributed by atoms with Gasteiger partial charge in [-0.2, -0.15) is 0 Å². The van der Waals surface area contributed by atoms with Gasteiger partial charge in [-0.05, 0) is 30.2 Å². The van der Waals surface area contributed by atoms with Crippen LogP contribution in [0.2, 0.25) is 0 Å². The van der Waals surface area contributed by atoms with Crippen molar-refractivity contribution in [1.82, 2.24) is 5.43 Å². The Labute approximate surface area is 118 Å². The average molecular weight is 327 g/mol. The maximum atomic E-state index is 13.9. The molecule has 3 N–H and O–H groups in total. The summed E-state index contributed by atoms with van der Waals surface area (Å²) in [6.45, 7) is 1.91. The first-order chi connectivity index (χ1) is 9.04. The molecule has 100 valence electrons. The third kappa shape index (κ3) is 2.83. The van der Waals surface area contributed by atoms with E-state index in [-0.39, 0.29) is 0 Å². The molecule has 0 heterocycles. The quantitative estimate of drug-likeness (QED) is 0.668. The second-order valence-corrected chi connectivity index (χ2v) is 5.07. The summed E-state index contributed by atoms with van der Waals surface area (Å²) in [6.07, 6.45) is 0. The summed E-state index contributed by atoms with van der Waals surface area (Å²) < 4.78 is 27.7. The number of nitrogens with one attached hydrogen (secondary N) is 1. The van der Waals surface area contributed by atoms with E-state index >= 15 is 0 Å². The number of benzene rings is 2. The minimum atomic E-state index is -0.623. The Hall–Kier alpha value is -1.30. The van der Waals surface area contributed by atoms with Gasteiger partial charge in [-0.25, -0.2) is 14.2 Å². The highest BCUT2D eigenvalue weighted by Crippen LogP contribution is 2.30. The zero-order chi connectivity index (χ0) is 14.0. The Morgan fingerprint density at radius 1 is 1.16 bits per heavy atom. The van der Waals surface area contributed by atoms with Gasteiger partial charge in [0, 0.05) is 16.1 Å². The molecule has 0 spiro atoms. The summed E-state index contributed by atoms with van der Waals surface area (Å²) in [5.74, 6) is 4.31. The maximum absolute atomic E-state index is 13.9. The molecular weight excluding hydrogens is 314 g/mol. The van der Waals surface area contributed by atoms with E-state index in [0.717, 1.165) is 21.7 Å². The van der Waals surface area contributed by atoms with E-state index in [9.17, 15) is 8.78 Å². The minimum absolute atomic E-state index is 0.310. The summed E-state index contributed by atoms with van der Waals surface area (Å²) in [5.41, 5.74) is 4.68. The van der Waals surface area contributed by atoms with Crippen molar-refractivity contribution in [2.45, 2.75) is 13.0 Å². The van der Waals surface area contributed by atoms with Gasteiger partial charge in [0.05, 0.1) is 6.04 Å². The van der Waals surface area contributed by atoms with Gasteiger partial charge in [-0.1, -0.05) is 34.1 Å². The Morgan fingerprint density at radius 3 is 2.53 bits per heavy atom. The number of hydrogen-bond acceptors (Lipinski definition) is 2. The average Bonchev–Trinajstić information content (AvgIpc) is 2.37. The largest absolute Gasteiger partial charge is 0.271 e. The van der Waals surface area contributed by atoms with Crippen LogP contribution in [0.15, 0.2) is 40.9 Å². The van der Waals surface area contributed by atoms with Gasteiger partial charge in [-0.15, -0.1) is 0 Å². The fraction of sp³-hybridized carbons (Fsp3) is 0.143. The van der Waals surface area contributed by atoms with E-state index in [2.05, 4.69) is 21.4 Å². The van der Waals surface area contributed by atoms with E-state index < -0.39 is 17.7 Å². The van der Waals surface area contributed by atoms with E-state index in [1.54, 1.807) is 0 Å². The van der Waals surface area contributed by atoms with Gasteiger partial charge in [0.2, 0.25) is 0 Å². The second-order valence-electron chi connectivity index (χ2n) is 4.22. The van der Waals surface area contributed by atoms with Crippen molar-refractivity contribution < 1.29 is 8.78 Å². The molecule has 0 aliphatic carbocycles. The minimum Gasteiger partial charge on any atom is -0.271 e. The molecule has 0 saturated carbocycles. The standard InChI is InChI=1S/C14H13BrF2N2/c1-8-10(3-2-4-12(8)15)14(19-18)11-6-5-9(16)7-13(11)17/h2-7,14,19H,18H2,1H3. The lowest BCUT2D eigenvalue weighted by Crippen LogP contribution is -2.30. The number of nitrogens with two attached hydrogens (primary N) is 1. The van der Waals surface area contributed by atoms with E-state index in [0.29, 0.717) is 5.56 Å².